The van der Waals surface area contributed by atoms with Gasteiger partial charge in [-0.05, 0) is 25.7 Å². The quantitative estimate of drug-likeness (QED) is 0.548. The standard InChI is InChI=1S/C19H35N5O4/c1-26-15-10-12-13(11-16(15)27-2)21-19(22-17(12)20)24-7-5-23(6-8-24)18(25)14-4-3-9-28-14/h12-17,19,21-22H,3-11,20H2,1-2H3/t12?,13?,14-,15?,16?,17?,19?/m0/s1. The Morgan fingerprint density at radius 2 is 1.79 bits per heavy atom. The summed E-state index contributed by atoms with van der Waals surface area (Å²) in [5.41, 5.74) is 6.49. The molecule has 0 aromatic heterocycles. The van der Waals surface area contributed by atoms with Crippen LogP contribution in [0.25, 0.3) is 0 Å². The minimum Gasteiger partial charge on any atom is -0.379 e. The molecule has 4 rings (SSSR count). The highest BCUT2D eigenvalue weighted by atomic mass is 16.5. The SMILES string of the molecule is COC1CC2NC(N3CCN(C(=O)[C@@H]4CCCO4)CC3)NC(N)C2CC1OC. The lowest BCUT2D eigenvalue weighted by Crippen LogP contribution is -2.74. The molecule has 7 atom stereocenters. The summed E-state index contributed by atoms with van der Waals surface area (Å²) in [5, 5.41) is 7.26. The van der Waals surface area contributed by atoms with Gasteiger partial charge in [0.1, 0.15) is 12.4 Å². The number of carbonyl (C=O) groups is 1. The topological polar surface area (TPSA) is 101 Å². The van der Waals surface area contributed by atoms with E-state index in [2.05, 4.69) is 15.5 Å². The third-order valence-corrected chi connectivity index (χ3v) is 6.91. The number of carbonyl (C=O) groups excluding carboxylic acids is 1. The summed E-state index contributed by atoms with van der Waals surface area (Å²) in [7, 11) is 3.49. The maximum absolute atomic E-state index is 12.6. The number of piperazine rings is 1. The number of hydrogen-bond acceptors (Lipinski definition) is 8. The zero-order valence-corrected chi connectivity index (χ0v) is 17.0. The fourth-order valence-corrected chi connectivity index (χ4v) is 5.19. The van der Waals surface area contributed by atoms with E-state index < -0.39 is 0 Å². The van der Waals surface area contributed by atoms with Crippen molar-refractivity contribution in [2.75, 3.05) is 47.0 Å². The van der Waals surface area contributed by atoms with Crippen molar-refractivity contribution in [3.63, 3.8) is 0 Å². The number of rotatable bonds is 4. The second-order valence-corrected chi connectivity index (χ2v) is 8.41. The molecule has 28 heavy (non-hydrogen) atoms. The summed E-state index contributed by atoms with van der Waals surface area (Å²) in [6.45, 7) is 3.81. The number of methoxy groups -OCH3 is 2. The van der Waals surface area contributed by atoms with Gasteiger partial charge in [-0.3, -0.25) is 20.3 Å². The van der Waals surface area contributed by atoms with E-state index in [0.717, 1.165) is 51.9 Å². The predicted molar refractivity (Wildman–Crippen MR) is 103 cm³/mol. The zero-order valence-electron chi connectivity index (χ0n) is 17.0. The molecule has 0 spiro atoms. The molecule has 1 saturated carbocycles. The molecule has 0 aromatic rings. The van der Waals surface area contributed by atoms with E-state index >= 15 is 0 Å². The number of hydrogen-bond donors (Lipinski definition) is 3. The Kier molecular flexibility index (Phi) is 6.51. The Bertz CT molecular complexity index is 538. The number of fused-ring (bicyclic) bond motifs is 1. The minimum atomic E-state index is -0.228. The molecule has 4 N–H and O–H groups in total. The van der Waals surface area contributed by atoms with Crippen molar-refractivity contribution in [2.24, 2.45) is 11.7 Å². The van der Waals surface area contributed by atoms with Crippen LogP contribution in [0, 0.1) is 5.92 Å². The van der Waals surface area contributed by atoms with Crippen LogP contribution in [-0.4, -0.2) is 99.5 Å². The molecule has 4 aliphatic rings. The molecule has 9 heteroatoms. The number of nitrogens with one attached hydrogen (secondary N) is 2. The van der Waals surface area contributed by atoms with Gasteiger partial charge in [-0.1, -0.05) is 0 Å². The van der Waals surface area contributed by atoms with E-state index in [1.54, 1.807) is 14.2 Å². The van der Waals surface area contributed by atoms with Gasteiger partial charge in [-0.25, -0.2) is 0 Å². The van der Waals surface area contributed by atoms with Gasteiger partial charge in [0.2, 0.25) is 0 Å². The first-order valence-corrected chi connectivity index (χ1v) is 10.6. The van der Waals surface area contributed by atoms with Crippen LogP contribution in [0.5, 0.6) is 0 Å². The van der Waals surface area contributed by atoms with E-state index in [4.69, 9.17) is 19.9 Å². The van der Waals surface area contributed by atoms with Crippen LogP contribution in [0.2, 0.25) is 0 Å². The van der Waals surface area contributed by atoms with Gasteiger partial charge in [0.25, 0.3) is 5.91 Å². The Morgan fingerprint density at radius 1 is 1.07 bits per heavy atom. The van der Waals surface area contributed by atoms with Crippen LogP contribution in [0.4, 0.5) is 0 Å². The number of ether oxygens (including phenoxy) is 3. The Hall–Kier alpha value is -0.810. The van der Waals surface area contributed by atoms with E-state index in [1.807, 2.05) is 4.90 Å². The van der Waals surface area contributed by atoms with E-state index in [-0.39, 0.29) is 36.7 Å². The van der Waals surface area contributed by atoms with Gasteiger partial charge < -0.3 is 24.8 Å². The summed E-state index contributed by atoms with van der Waals surface area (Å²) >= 11 is 0. The maximum Gasteiger partial charge on any atom is 0.251 e. The van der Waals surface area contributed by atoms with Gasteiger partial charge in [-0.2, -0.15) is 0 Å². The first-order valence-electron chi connectivity index (χ1n) is 10.6. The number of amides is 1. The van der Waals surface area contributed by atoms with Gasteiger partial charge in [0, 0.05) is 59.0 Å². The van der Waals surface area contributed by atoms with Crippen molar-refractivity contribution in [3.05, 3.63) is 0 Å². The molecule has 9 nitrogen and oxygen atoms in total. The second-order valence-electron chi connectivity index (χ2n) is 8.41. The van der Waals surface area contributed by atoms with Crippen molar-refractivity contribution in [1.82, 2.24) is 20.4 Å². The van der Waals surface area contributed by atoms with E-state index in [1.165, 1.54) is 0 Å². The summed E-state index contributed by atoms with van der Waals surface area (Å²) in [5.74, 6) is 0.467. The average molecular weight is 398 g/mol. The molecule has 3 heterocycles. The lowest BCUT2D eigenvalue weighted by molar-refractivity contribution is -0.144. The third-order valence-electron chi connectivity index (χ3n) is 6.91. The Balaban J connectivity index is 1.32. The second kappa shape index (κ2) is 8.91. The maximum atomic E-state index is 12.6. The number of nitrogens with two attached hydrogens (primary N) is 1. The summed E-state index contributed by atoms with van der Waals surface area (Å²) in [6.07, 6.45) is 3.50. The lowest BCUT2D eigenvalue weighted by atomic mass is 9.78. The Labute approximate surface area is 167 Å². The monoisotopic (exact) mass is 397 g/mol. The highest BCUT2D eigenvalue weighted by Gasteiger charge is 2.45. The van der Waals surface area contributed by atoms with Crippen LogP contribution >= 0.6 is 0 Å². The Morgan fingerprint density at radius 3 is 2.43 bits per heavy atom. The highest BCUT2D eigenvalue weighted by molar-refractivity contribution is 5.81. The lowest BCUT2D eigenvalue weighted by Gasteiger charge is -2.51. The molecule has 1 amide bonds. The van der Waals surface area contributed by atoms with Crippen LogP contribution in [0.3, 0.4) is 0 Å². The van der Waals surface area contributed by atoms with E-state index in [0.29, 0.717) is 18.6 Å². The molecule has 0 bridgehead atoms. The third kappa shape index (κ3) is 4.07. The molecule has 6 unspecified atom stereocenters. The predicted octanol–water partition coefficient (Wildman–Crippen LogP) is -1.12. The minimum absolute atomic E-state index is 0.0211. The summed E-state index contributed by atoms with van der Waals surface area (Å²) in [6, 6.07) is 0.296. The van der Waals surface area contributed by atoms with Crippen molar-refractivity contribution in [1.29, 1.82) is 0 Å². The van der Waals surface area contributed by atoms with Gasteiger partial charge in [0.05, 0.1) is 18.4 Å². The van der Waals surface area contributed by atoms with Gasteiger partial charge in [-0.15, -0.1) is 0 Å². The van der Waals surface area contributed by atoms with Gasteiger partial charge in [0.15, 0.2) is 0 Å². The number of nitrogens with zero attached hydrogens (tertiary/aromatic N) is 2. The molecular formula is C19H35N5O4. The smallest absolute Gasteiger partial charge is 0.251 e. The summed E-state index contributed by atoms with van der Waals surface area (Å²) < 4.78 is 16.8. The van der Waals surface area contributed by atoms with Gasteiger partial charge >= 0.3 is 0 Å². The van der Waals surface area contributed by atoms with Crippen LogP contribution < -0.4 is 16.4 Å². The molecule has 3 saturated heterocycles. The molecule has 0 aromatic carbocycles. The van der Waals surface area contributed by atoms with Crippen LogP contribution in [-0.2, 0) is 19.0 Å². The average Bonchev–Trinajstić information content (AvgIpc) is 3.27. The first-order chi connectivity index (χ1) is 13.6. The largest absolute Gasteiger partial charge is 0.379 e. The molecule has 4 fully saturated rings. The molecular weight excluding hydrogens is 362 g/mol. The van der Waals surface area contributed by atoms with Crippen LogP contribution in [0.15, 0.2) is 0 Å². The molecule has 1 aliphatic carbocycles. The fraction of sp³-hybridized carbons (Fsp3) is 0.947. The molecule has 3 aliphatic heterocycles. The van der Waals surface area contributed by atoms with Crippen molar-refractivity contribution in [2.45, 2.75) is 62.5 Å². The first kappa shape index (κ1) is 20.5. The fourth-order valence-electron chi connectivity index (χ4n) is 5.19. The highest BCUT2D eigenvalue weighted by Crippen LogP contribution is 2.32. The zero-order chi connectivity index (χ0) is 19.7. The summed E-state index contributed by atoms with van der Waals surface area (Å²) in [4.78, 5) is 16.9. The van der Waals surface area contributed by atoms with Crippen molar-refractivity contribution >= 4 is 5.91 Å². The molecule has 0 radical (unpaired) electrons. The van der Waals surface area contributed by atoms with Crippen LogP contribution in [0.1, 0.15) is 25.7 Å². The van der Waals surface area contributed by atoms with Crippen molar-refractivity contribution in [3.8, 4) is 0 Å². The normalized spacial score (nSPS) is 42.4. The van der Waals surface area contributed by atoms with Crippen molar-refractivity contribution < 1.29 is 19.0 Å². The van der Waals surface area contributed by atoms with E-state index in [9.17, 15) is 4.79 Å². The molecule has 160 valence electrons.